The fourth-order valence-electron chi connectivity index (χ4n) is 2.75. The van der Waals surface area contributed by atoms with Gasteiger partial charge in [0.2, 0.25) is 0 Å². The Balaban J connectivity index is 2.46. The third kappa shape index (κ3) is 2.16. The lowest BCUT2D eigenvalue weighted by Crippen LogP contribution is -2.36. The van der Waals surface area contributed by atoms with Crippen molar-refractivity contribution in [1.82, 2.24) is 0 Å². The highest BCUT2D eigenvalue weighted by Gasteiger charge is 2.39. The molecule has 3 heteroatoms. The number of halogens is 1. The molecule has 94 valence electrons. The van der Waals surface area contributed by atoms with Crippen molar-refractivity contribution in [3.8, 4) is 5.75 Å². The summed E-state index contributed by atoms with van der Waals surface area (Å²) in [5.74, 6) is 0.376. The number of ether oxygens (including phenoxy) is 1. The standard InChI is InChI=1S/C14H19FO2/c1-10-5-3-4-8-14(10,16)12-9-11(15)6-7-13(12)17-2/h6-7,9-10,16H,3-5,8H2,1-2H3. The Bertz CT molecular complexity index is 405. The first kappa shape index (κ1) is 12.4. The van der Waals surface area contributed by atoms with Gasteiger partial charge in [-0.2, -0.15) is 0 Å². The molecule has 0 aromatic heterocycles. The van der Waals surface area contributed by atoms with Crippen LogP contribution < -0.4 is 4.74 Å². The monoisotopic (exact) mass is 238 g/mol. The van der Waals surface area contributed by atoms with Gasteiger partial charge in [-0.15, -0.1) is 0 Å². The van der Waals surface area contributed by atoms with Crippen LogP contribution in [0.1, 0.15) is 38.2 Å². The van der Waals surface area contributed by atoms with Crippen molar-refractivity contribution in [2.75, 3.05) is 7.11 Å². The highest BCUT2D eigenvalue weighted by atomic mass is 19.1. The van der Waals surface area contributed by atoms with Crippen molar-refractivity contribution in [2.24, 2.45) is 5.92 Å². The zero-order valence-corrected chi connectivity index (χ0v) is 10.4. The smallest absolute Gasteiger partial charge is 0.125 e. The van der Waals surface area contributed by atoms with E-state index in [0.717, 1.165) is 19.3 Å². The molecule has 1 aromatic carbocycles. The van der Waals surface area contributed by atoms with Gasteiger partial charge in [0.25, 0.3) is 0 Å². The van der Waals surface area contributed by atoms with Crippen LogP contribution >= 0.6 is 0 Å². The number of benzene rings is 1. The average molecular weight is 238 g/mol. The summed E-state index contributed by atoms with van der Waals surface area (Å²) in [7, 11) is 1.55. The van der Waals surface area contributed by atoms with Crippen molar-refractivity contribution in [1.29, 1.82) is 0 Å². The molecule has 1 aromatic rings. The Morgan fingerprint density at radius 2 is 2.18 bits per heavy atom. The minimum Gasteiger partial charge on any atom is -0.496 e. The Labute approximate surface area is 101 Å². The van der Waals surface area contributed by atoms with Crippen LogP contribution in [0.2, 0.25) is 0 Å². The van der Waals surface area contributed by atoms with Gasteiger partial charge in [0.05, 0.1) is 12.7 Å². The molecule has 2 atom stereocenters. The first-order valence-corrected chi connectivity index (χ1v) is 6.14. The third-order valence-electron chi connectivity index (χ3n) is 3.89. The van der Waals surface area contributed by atoms with Crippen molar-refractivity contribution < 1.29 is 14.2 Å². The summed E-state index contributed by atoms with van der Waals surface area (Å²) in [6.45, 7) is 2.02. The normalized spacial score (nSPS) is 29.1. The summed E-state index contributed by atoms with van der Waals surface area (Å²) in [5.41, 5.74) is -0.363. The Kier molecular flexibility index (Phi) is 3.38. The predicted molar refractivity (Wildman–Crippen MR) is 64.5 cm³/mol. The molecule has 2 unspecified atom stereocenters. The van der Waals surface area contributed by atoms with Crippen LogP contribution in [0, 0.1) is 11.7 Å². The second-order valence-electron chi connectivity index (χ2n) is 4.92. The molecule has 0 amide bonds. The van der Waals surface area contributed by atoms with Gasteiger partial charge in [0.1, 0.15) is 11.6 Å². The van der Waals surface area contributed by atoms with Gasteiger partial charge in [-0.05, 0) is 37.0 Å². The van der Waals surface area contributed by atoms with Crippen molar-refractivity contribution in [3.63, 3.8) is 0 Å². The van der Waals surface area contributed by atoms with Gasteiger partial charge < -0.3 is 9.84 Å². The van der Waals surface area contributed by atoms with Gasteiger partial charge >= 0.3 is 0 Å². The molecule has 1 aliphatic carbocycles. The molecule has 0 bridgehead atoms. The van der Waals surface area contributed by atoms with Crippen LogP contribution in [0.15, 0.2) is 18.2 Å². The van der Waals surface area contributed by atoms with Crippen molar-refractivity contribution >= 4 is 0 Å². The number of rotatable bonds is 2. The maximum atomic E-state index is 13.4. The maximum Gasteiger partial charge on any atom is 0.125 e. The Morgan fingerprint density at radius 1 is 1.41 bits per heavy atom. The van der Waals surface area contributed by atoms with E-state index in [1.54, 1.807) is 13.2 Å². The highest BCUT2D eigenvalue weighted by Crippen LogP contribution is 2.44. The topological polar surface area (TPSA) is 29.5 Å². The van der Waals surface area contributed by atoms with E-state index in [2.05, 4.69) is 0 Å². The molecule has 1 fully saturated rings. The maximum absolute atomic E-state index is 13.4. The van der Waals surface area contributed by atoms with E-state index in [-0.39, 0.29) is 11.7 Å². The second kappa shape index (κ2) is 4.65. The molecule has 2 rings (SSSR count). The minimum atomic E-state index is -0.953. The summed E-state index contributed by atoms with van der Waals surface area (Å²) in [4.78, 5) is 0. The van der Waals surface area contributed by atoms with Crippen LogP contribution in [0.3, 0.4) is 0 Å². The summed E-state index contributed by atoms with van der Waals surface area (Å²) in [6, 6.07) is 4.35. The van der Waals surface area contributed by atoms with Crippen LogP contribution in [0.5, 0.6) is 5.75 Å². The number of methoxy groups -OCH3 is 1. The molecular weight excluding hydrogens is 219 g/mol. The van der Waals surface area contributed by atoms with Gasteiger partial charge in [-0.3, -0.25) is 0 Å². The van der Waals surface area contributed by atoms with Gasteiger partial charge in [0, 0.05) is 5.56 Å². The van der Waals surface area contributed by atoms with E-state index in [0.29, 0.717) is 17.7 Å². The lowest BCUT2D eigenvalue weighted by Gasteiger charge is -2.39. The van der Waals surface area contributed by atoms with E-state index in [9.17, 15) is 9.50 Å². The fourth-order valence-corrected chi connectivity index (χ4v) is 2.75. The quantitative estimate of drug-likeness (QED) is 0.857. The molecule has 0 saturated heterocycles. The molecule has 0 aliphatic heterocycles. The minimum absolute atomic E-state index is 0.131. The van der Waals surface area contributed by atoms with E-state index < -0.39 is 5.60 Å². The van der Waals surface area contributed by atoms with Gasteiger partial charge in [-0.25, -0.2) is 4.39 Å². The van der Waals surface area contributed by atoms with Gasteiger partial charge in [-0.1, -0.05) is 19.8 Å². The van der Waals surface area contributed by atoms with E-state index in [1.807, 2.05) is 6.92 Å². The molecule has 2 nitrogen and oxygen atoms in total. The Hall–Kier alpha value is -1.09. The Morgan fingerprint density at radius 3 is 2.82 bits per heavy atom. The first-order chi connectivity index (χ1) is 8.08. The molecule has 1 saturated carbocycles. The number of aliphatic hydroxyl groups is 1. The van der Waals surface area contributed by atoms with E-state index in [4.69, 9.17) is 4.74 Å². The summed E-state index contributed by atoms with van der Waals surface area (Å²) >= 11 is 0. The first-order valence-electron chi connectivity index (χ1n) is 6.14. The number of hydrogen-bond acceptors (Lipinski definition) is 2. The van der Waals surface area contributed by atoms with Crippen LogP contribution in [-0.4, -0.2) is 12.2 Å². The second-order valence-corrected chi connectivity index (χ2v) is 4.92. The molecule has 0 radical (unpaired) electrons. The molecule has 1 aliphatic rings. The lowest BCUT2D eigenvalue weighted by molar-refractivity contribution is -0.0487. The third-order valence-corrected chi connectivity index (χ3v) is 3.89. The molecular formula is C14H19FO2. The van der Waals surface area contributed by atoms with Gasteiger partial charge in [0.15, 0.2) is 0 Å². The highest BCUT2D eigenvalue weighted by molar-refractivity contribution is 5.39. The van der Waals surface area contributed by atoms with E-state index >= 15 is 0 Å². The number of hydrogen-bond donors (Lipinski definition) is 1. The van der Waals surface area contributed by atoms with Crippen molar-refractivity contribution in [2.45, 2.75) is 38.2 Å². The SMILES string of the molecule is COc1ccc(F)cc1C1(O)CCCCC1C. The average Bonchev–Trinajstić information content (AvgIpc) is 2.33. The van der Waals surface area contributed by atoms with E-state index in [1.165, 1.54) is 12.1 Å². The molecule has 1 N–H and O–H groups in total. The summed E-state index contributed by atoms with van der Waals surface area (Å²) in [6.07, 6.45) is 3.74. The zero-order valence-electron chi connectivity index (χ0n) is 10.4. The predicted octanol–water partition coefficient (Wildman–Crippen LogP) is 3.23. The van der Waals surface area contributed by atoms with Crippen LogP contribution in [0.4, 0.5) is 4.39 Å². The fraction of sp³-hybridized carbons (Fsp3) is 0.571. The molecule has 0 heterocycles. The summed E-state index contributed by atoms with van der Waals surface area (Å²) in [5, 5.41) is 10.8. The molecule has 0 spiro atoms. The largest absolute Gasteiger partial charge is 0.496 e. The lowest BCUT2D eigenvalue weighted by atomic mass is 9.72. The summed E-state index contributed by atoms with van der Waals surface area (Å²) < 4.78 is 18.6. The van der Waals surface area contributed by atoms with Crippen LogP contribution in [0.25, 0.3) is 0 Å². The van der Waals surface area contributed by atoms with Crippen LogP contribution in [-0.2, 0) is 5.60 Å². The molecule has 17 heavy (non-hydrogen) atoms. The zero-order chi connectivity index (χ0) is 12.5. The van der Waals surface area contributed by atoms with Crippen molar-refractivity contribution in [3.05, 3.63) is 29.6 Å².